The van der Waals surface area contributed by atoms with Crippen molar-refractivity contribution in [2.24, 2.45) is 5.92 Å². The molecule has 0 bridgehead atoms. The topological polar surface area (TPSA) is 71.9 Å². The normalized spacial score (nSPS) is 25.3. The first-order valence-electron chi connectivity index (χ1n) is 9.00. The van der Waals surface area contributed by atoms with Gasteiger partial charge in [0.25, 0.3) is 0 Å². The molecular formula is C18H25F3N2O4S. The number of carbonyl (C=O) groups is 1. The summed E-state index contributed by atoms with van der Waals surface area (Å²) in [7, 11) is 0. The number of alkyl halides is 3. The van der Waals surface area contributed by atoms with E-state index in [1.165, 1.54) is 17.8 Å². The second-order valence-corrected chi connectivity index (χ2v) is 7.75. The number of carboxylic acid groups (broad SMARTS) is 1. The third kappa shape index (κ3) is 6.54. The largest absolute Gasteiger partial charge is 0.490 e. The van der Waals surface area contributed by atoms with Crippen molar-refractivity contribution in [3.8, 4) is 0 Å². The van der Waals surface area contributed by atoms with Gasteiger partial charge in [0.15, 0.2) is 0 Å². The standard InChI is InChI=1S/C16H24N2O2S.C2HF3O2/c1-2-8-19-12-14-4-3-5-16(14)13-18(7-9-20-16)11-15-17-6-10-21-15;3-2(4,5)1(6)7/h2,6,10,14H,1,3-5,7-9,11-13H2;(H,6,7)/t14-,16+;/m0./s1. The summed E-state index contributed by atoms with van der Waals surface area (Å²) in [5, 5.41) is 10.4. The summed E-state index contributed by atoms with van der Waals surface area (Å²) < 4.78 is 43.7. The lowest BCUT2D eigenvalue weighted by molar-refractivity contribution is -0.192. The van der Waals surface area contributed by atoms with Crippen LogP contribution in [0, 0.1) is 5.92 Å². The van der Waals surface area contributed by atoms with Crippen LogP contribution in [0.25, 0.3) is 0 Å². The highest BCUT2D eigenvalue weighted by Crippen LogP contribution is 2.41. The lowest BCUT2D eigenvalue weighted by Gasteiger charge is -2.43. The Balaban J connectivity index is 0.000000345. The van der Waals surface area contributed by atoms with E-state index >= 15 is 0 Å². The average molecular weight is 422 g/mol. The summed E-state index contributed by atoms with van der Waals surface area (Å²) in [6.07, 6.45) is 2.23. The molecule has 1 aromatic rings. The number of thiazole rings is 1. The van der Waals surface area contributed by atoms with Gasteiger partial charge in [-0.15, -0.1) is 17.9 Å². The van der Waals surface area contributed by atoms with Crippen molar-refractivity contribution in [3.63, 3.8) is 0 Å². The number of carboxylic acids is 1. The van der Waals surface area contributed by atoms with E-state index in [2.05, 4.69) is 16.5 Å². The molecule has 1 N–H and O–H groups in total. The fourth-order valence-electron chi connectivity index (χ4n) is 3.58. The van der Waals surface area contributed by atoms with Crippen LogP contribution in [-0.4, -0.2) is 65.6 Å². The second-order valence-electron chi connectivity index (χ2n) is 6.77. The van der Waals surface area contributed by atoms with E-state index in [4.69, 9.17) is 19.4 Å². The van der Waals surface area contributed by atoms with Gasteiger partial charge < -0.3 is 14.6 Å². The van der Waals surface area contributed by atoms with E-state index in [1.807, 2.05) is 17.7 Å². The molecule has 0 aromatic carbocycles. The molecule has 1 aromatic heterocycles. The van der Waals surface area contributed by atoms with E-state index in [0.29, 0.717) is 12.5 Å². The van der Waals surface area contributed by atoms with Crippen LogP contribution in [-0.2, 0) is 20.8 Å². The van der Waals surface area contributed by atoms with Crippen LogP contribution in [0.4, 0.5) is 13.2 Å². The monoisotopic (exact) mass is 422 g/mol. The first kappa shape index (κ1) is 22.8. The number of aliphatic carboxylic acids is 1. The Hall–Kier alpha value is -1.49. The molecule has 28 heavy (non-hydrogen) atoms. The first-order valence-corrected chi connectivity index (χ1v) is 9.88. The van der Waals surface area contributed by atoms with Gasteiger partial charge in [-0.25, -0.2) is 9.78 Å². The zero-order chi connectivity index (χ0) is 20.6. The fraction of sp³-hybridized carbons (Fsp3) is 0.667. The van der Waals surface area contributed by atoms with Crippen LogP contribution >= 0.6 is 11.3 Å². The number of ether oxygens (including phenoxy) is 2. The number of aromatic nitrogens is 1. The molecule has 6 nitrogen and oxygen atoms in total. The molecule has 1 saturated carbocycles. The summed E-state index contributed by atoms with van der Waals surface area (Å²) in [6.45, 7) is 8.92. The number of hydrogen-bond donors (Lipinski definition) is 1. The predicted molar refractivity (Wildman–Crippen MR) is 98.1 cm³/mol. The average Bonchev–Trinajstić information content (AvgIpc) is 3.26. The maximum Gasteiger partial charge on any atom is 0.490 e. The molecular weight excluding hydrogens is 397 g/mol. The quantitative estimate of drug-likeness (QED) is 0.560. The van der Waals surface area contributed by atoms with Crippen molar-refractivity contribution in [2.45, 2.75) is 37.6 Å². The molecule has 2 fully saturated rings. The minimum atomic E-state index is -5.08. The van der Waals surface area contributed by atoms with Crippen LogP contribution in [0.3, 0.4) is 0 Å². The number of morpholine rings is 1. The number of rotatable bonds is 6. The minimum absolute atomic E-state index is 0.00329. The molecule has 158 valence electrons. The van der Waals surface area contributed by atoms with Crippen molar-refractivity contribution in [1.82, 2.24) is 9.88 Å². The van der Waals surface area contributed by atoms with Gasteiger partial charge in [0.2, 0.25) is 0 Å². The maximum absolute atomic E-state index is 10.6. The van der Waals surface area contributed by atoms with E-state index in [1.54, 1.807) is 11.3 Å². The van der Waals surface area contributed by atoms with Gasteiger partial charge in [-0.1, -0.05) is 12.5 Å². The molecule has 1 saturated heterocycles. The SMILES string of the molecule is C=CCOC[C@@H]1CCC[C@@]12CN(Cc1nccs1)CCO2.O=C(O)C(F)(F)F. The van der Waals surface area contributed by atoms with Crippen molar-refractivity contribution in [1.29, 1.82) is 0 Å². The highest BCUT2D eigenvalue weighted by atomic mass is 32.1. The summed E-state index contributed by atoms with van der Waals surface area (Å²) >= 11 is 1.74. The van der Waals surface area contributed by atoms with E-state index in [9.17, 15) is 13.2 Å². The third-order valence-corrected chi connectivity index (χ3v) is 5.59. The Labute approximate surface area is 166 Å². The van der Waals surface area contributed by atoms with Gasteiger partial charge >= 0.3 is 12.1 Å². The predicted octanol–water partition coefficient (Wildman–Crippen LogP) is 3.35. The van der Waals surface area contributed by atoms with Crippen molar-refractivity contribution in [2.75, 3.05) is 32.9 Å². The lowest BCUT2D eigenvalue weighted by atomic mass is 9.89. The Kier molecular flexibility index (Phi) is 8.41. The molecule has 0 radical (unpaired) electrons. The third-order valence-electron chi connectivity index (χ3n) is 4.82. The summed E-state index contributed by atoms with van der Waals surface area (Å²) in [5.74, 6) is -2.25. The summed E-state index contributed by atoms with van der Waals surface area (Å²) in [5.41, 5.74) is -0.00329. The van der Waals surface area contributed by atoms with E-state index in [-0.39, 0.29) is 5.60 Å². The van der Waals surface area contributed by atoms with Gasteiger partial charge in [-0.2, -0.15) is 13.2 Å². The molecule has 1 aliphatic heterocycles. The molecule has 2 atom stereocenters. The second kappa shape index (κ2) is 10.3. The Bertz CT molecular complexity index is 627. The van der Waals surface area contributed by atoms with E-state index < -0.39 is 12.1 Å². The Morgan fingerprint density at radius 2 is 2.32 bits per heavy atom. The molecule has 1 aliphatic carbocycles. The van der Waals surface area contributed by atoms with Crippen LogP contribution in [0.5, 0.6) is 0 Å². The Morgan fingerprint density at radius 1 is 1.57 bits per heavy atom. The van der Waals surface area contributed by atoms with Crippen molar-refractivity contribution in [3.05, 3.63) is 29.2 Å². The highest BCUT2D eigenvalue weighted by Gasteiger charge is 2.46. The van der Waals surface area contributed by atoms with Crippen LogP contribution in [0.15, 0.2) is 24.2 Å². The number of hydrogen-bond acceptors (Lipinski definition) is 6. The molecule has 2 aliphatic rings. The Morgan fingerprint density at radius 3 is 2.93 bits per heavy atom. The number of nitrogens with zero attached hydrogens (tertiary/aromatic N) is 2. The van der Waals surface area contributed by atoms with E-state index in [0.717, 1.165) is 39.3 Å². The van der Waals surface area contributed by atoms with Crippen molar-refractivity contribution < 1.29 is 32.5 Å². The first-order chi connectivity index (χ1) is 13.3. The molecule has 0 amide bonds. The van der Waals surface area contributed by atoms with Crippen LogP contribution < -0.4 is 0 Å². The number of halogens is 3. The molecule has 3 rings (SSSR count). The molecule has 10 heteroatoms. The van der Waals surface area contributed by atoms with Crippen LogP contribution in [0.2, 0.25) is 0 Å². The summed E-state index contributed by atoms with van der Waals surface area (Å²) in [4.78, 5) is 15.8. The van der Waals surface area contributed by atoms with Gasteiger partial charge in [0.1, 0.15) is 5.01 Å². The van der Waals surface area contributed by atoms with Gasteiger partial charge in [0.05, 0.1) is 32.0 Å². The van der Waals surface area contributed by atoms with Gasteiger partial charge in [-0.3, -0.25) is 4.90 Å². The van der Waals surface area contributed by atoms with Gasteiger partial charge in [0, 0.05) is 30.6 Å². The lowest BCUT2D eigenvalue weighted by Crippen LogP contribution is -2.54. The van der Waals surface area contributed by atoms with Crippen molar-refractivity contribution >= 4 is 17.3 Å². The maximum atomic E-state index is 10.6. The smallest absolute Gasteiger partial charge is 0.475 e. The fourth-order valence-corrected chi connectivity index (χ4v) is 4.24. The van der Waals surface area contributed by atoms with Crippen LogP contribution in [0.1, 0.15) is 24.3 Å². The molecule has 0 unspecified atom stereocenters. The molecule has 2 heterocycles. The summed E-state index contributed by atoms with van der Waals surface area (Å²) in [6, 6.07) is 0. The highest BCUT2D eigenvalue weighted by molar-refractivity contribution is 7.09. The zero-order valence-corrected chi connectivity index (χ0v) is 16.3. The minimum Gasteiger partial charge on any atom is -0.475 e. The molecule has 1 spiro atoms. The zero-order valence-electron chi connectivity index (χ0n) is 15.5. The van der Waals surface area contributed by atoms with Gasteiger partial charge in [-0.05, 0) is 12.8 Å².